The molecule has 1 N–H and O–H groups in total. The van der Waals surface area contributed by atoms with Crippen LogP contribution in [0.1, 0.15) is 65.9 Å². The number of aryl methyl sites for hydroxylation is 1. The lowest BCUT2D eigenvalue weighted by Gasteiger charge is -2.12. The molecule has 0 aromatic carbocycles. The number of alkyl halides is 3. The molecule has 8 nitrogen and oxygen atoms in total. The molecule has 3 heterocycles. The molecule has 0 saturated heterocycles. The van der Waals surface area contributed by atoms with Crippen LogP contribution in [0.15, 0.2) is 28.9 Å². The predicted molar refractivity (Wildman–Crippen MR) is 98.2 cm³/mol. The van der Waals surface area contributed by atoms with Gasteiger partial charge in [0.2, 0.25) is 11.7 Å². The summed E-state index contributed by atoms with van der Waals surface area (Å²) in [6.45, 7) is 1.79. The van der Waals surface area contributed by atoms with Crippen LogP contribution in [0.4, 0.5) is 13.2 Å². The summed E-state index contributed by atoms with van der Waals surface area (Å²) in [7, 11) is 1.27. The van der Waals surface area contributed by atoms with Gasteiger partial charge >= 0.3 is 6.18 Å². The third-order valence-electron chi connectivity index (χ3n) is 4.89. The van der Waals surface area contributed by atoms with Gasteiger partial charge in [0.05, 0.1) is 0 Å². The minimum Gasteiger partial charge on any atom is -0.339 e. The molecule has 3 aromatic rings. The molecular formula is C19H19F3N6O2. The van der Waals surface area contributed by atoms with E-state index in [1.807, 2.05) is 6.07 Å². The number of nitrogens with one attached hydrogen (secondary N) is 1. The topological polar surface area (TPSA) is 98.7 Å². The van der Waals surface area contributed by atoms with Gasteiger partial charge in [0, 0.05) is 36.5 Å². The van der Waals surface area contributed by atoms with E-state index in [-0.39, 0.29) is 11.6 Å². The van der Waals surface area contributed by atoms with Gasteiger partial charge in [-0.3, -0.25) is 14.5 Å². The second kappa shape index (κ2) is 7.54. The van der Waals surface area contributed by atoms with E-state index in [4.69, 9.17) is 4.52 Å². The smallest absolute Gasteiger partial charge is 0.339 e. The van der Waals surface area contributed by atoms with Crippen LogP contribution in [-0.2, 0) is 13.2 Å². The zero-order chi connectivity index (χ0) is 21.5. The third kappa shape index (κ3) is 4.05. The lowest BCUT2D eigenvalue weighted by molar-refractivity contribution is -0.141. The number of hydrogen-bond acceptors (Lipinski definition) is 6. The summed E-state index contributed by atoms with van der Waals surface area (Å²) in [5.74, 6) is 0.289. The van der Waals surface area contributed by atoms with E-state index in [2.05, 4.69) is 25.5 Å². The summed E-state index contributed by atoms with van der Waals surface area (Å²) >= 11 is 0. The van der Waals surface area contributed by atoms with Crippen molar-refractivity contribution in [3.05, 3.63) is 47.4 Å². The Labute approximate surface area is 169 Å². The highest BCUT2D eigenvalue weighted by Crippen LogP contribution is 2.39. The van der Waals surface area contributed by atoms with Gasteiger partial charge in [-0.1, -0.05) is 12.1 Å². The predicted octanol–water partition coefficient (Wildman–Crippen LogP) is 3.64. The Morgan fingerprint density at radius 2 is 2.13 bits per heavy atom. The average Bonchev–Trinajstić information content (AvgIpc) is 3.30. The zero-order valence-corrected chi connectivity index (χ0v) is 16.3. The SMILES string of the molecule is CC[C@@H](NC(=O)c1cc(C(F)(F)F)nn1C)c1nc(-c2ccnc(C3CC3)c2)no1. The molecular weight excluding hydrogens is 401 g/mol. The number of rotatable bonds is 6. The van der Waals surface area contributed by atoms with Crippen molar-refractivity contribution in [1.29, 1.82) is 0 Å². The van der Waals surface area contributed by atoms with E-state index in [1.165, 1.54) is 7.05 Å². The van der Waals surface area contributed by atoms with E-state index < -0.39 is 23.8 Å². The Morgan fingerprint density at radius 3 is 2.77 bits per heavy atom. The van der Waals surface area contributed by atoms with Crippen LogP contribution >= 0.6 is 0 Å². The number of carbonyl (C=O) groups excluding carboxylic acids is 1. The van der Waals surface area contributed by atoms with Gasteiger partial charge in [-0.2, -0.15) is 23.3 Å². The fourth-order valence-corrected chi connectivity index (χ4v) is 3.07. The first-order chi connectivity index (χ1) is 14.3. The number of nitrogens with zero attached hydrogens (tertiary/aromatic N) is 5. The van der Waals surface area contributed by atoms with Crippen LogP contribution in [0.5, 0.6) is 0 Å². The summed E-state index contributed by atoms with van der Waals surface area (Å²) < 4.78 is 44.7. The van der Waals surface area contributed by atoms with Crippen molar-refractivity contribution >= 4 is 5.91 Å². The third-order valence-corrected chi connectivity index (χ3v) is 4.89. The molecule has 1 atom stereocenters. The Hall–Kier alpha value is -3.24. The van der Waals surface area contributed by atoms with Crippen molar-refractivity contribution in [3.8, 4) is 11.4 Å². The molecule has 158 valence electrons. The van der Waals surface area contributed by atoms with Gasteiger partial charge in [0.25, 0.3) is 5.91 Å². The molecule has 1 aliphatic rings. The van der Waals surface area contributed by atoms with Crippen molar-refractivity contribution in [2.75, 3.05) is 0 Å². The maximum atomic E-state index is 12.8. The van der Waals surface area contributed by atoms with Crippen LogP contribution < -0.4 is 5.32 Å². The molecule has 1 fully saturated rings. The van der Waals surface area contributed by atoms with Gasteiger partial charge in [0.1, 0.15) is 11.7 Å². The Kier molecular flexibility index (Phi) is 5.04. The maximum absolute atomic E-state index is 12.8. The normalized spacial score (nSPS) is 15.2. The van der Waals surface area contributed by atoms with Crippen molar-refractivity contribution in [1.82, 2.24) is 30.2 Å². The Morgan fingerprint density at radius 1 is 1.37 bits per heavy atom. The average molecular weight is 420 g/mol. The Bertz CT molecular complexity index is 1070. The van der Waals surface area contributed by atoms with Gasteiger partial charge in [-0.05, 0) is 31.4 Å². The fraction of sp³-hybridized carbons (Fsp3) is 0.421. The quantitative estimate of drug-likeness (QED) is 0.654. The van der Waals surface area contributed by atoms with Gasteiger partial charge in [-0.15, -0.1) is 0 Å². The molecule has 30 heavy (non-hydrogen) atoms. The number of pyridine rings is 1. The second-order valence-electron chi connectivity index (χ2n) is 7.17. The van der Waals surface area contributed by atoms with Crippen LogP contribution in [0.2, 0.25) is 0 Å². The minimum atomic E-state index is -4.63. The fourth-order valence-electron chi connectivity index (χ4n) is 3.07. The van der Waals surface area contributed by atoms with Crippen molar-refractivity contribution < 1.29 is 22.5 Å². The number of aromatic nitrogens is 5. The monoisotopic (exact) mass is 420 g/mol. The largest absolute Gasteiger partial charge is 0.435 e. The van der Waals surface area contributed by atoms with Gasteiger partial charge < -0.3 is 9.84 Å². The highest BCUT2D eigenvalue weighted by molar-refractivity contribution is 5.92. The molecule has 0 spiro atoms. The van der Waals surface area contributed by atoms with Crippen LogP contribution in [0.25, 0.3) is 11.4 Å². The highest BCUT2D eigenvalue weighted by Gasteiger charge is 2.36. The summed E-state index contributed by atoms with van der Waals surface area (Å²) in [5, 5.41) is 9.97. The summed E-state index contributed by atoms with van der Waals surface area (Å²) in [5.41, 5.74) is 0.386. The molecule has 4 rings (SSSR count). The van der Waals surface area contributed by atoms with Gasteiger partial charge in [0.15, 0.2) is 5.69 Å². The van der Waals surface area contributed by atoms with E-state index in [0.29, 0.717) is 24.2 Å². The summed E-state index contributed by atoms with van der Waals surface area (Å²) in [6, 6.07) is 3.74. The van der Waals surface area contributed by atoms with Crippen LogP contribution in [0.3, 0.4) is 0 Å². The molecule has 1 saturated carbocycles. The molecule has 3 aromatic heterocycles. The van der Waals surface area contributed by atoms with Crippen LogP contribution in [-0.4, -0.2) is 30.8 Å². The highest BCUT2D eigenvalue weighted by atomic mass is 19.4. The number of halogens is 3. The Balaban J connectivity index is 1.52. The van der Waals surface area contributed by atoms with Crippen molar-refractivity contribution in [3.63, 3.8) is 0 Å². The first kappa shape index (κ1) is 20.0. The molecule has 0 unspecified atom stereocenters. The number of amides is 1. The van der Waals surface area contributed by atoms with E-state index in [1.54, 1.807) is 19.2 Å². The lowest BCUT2D eigenvalue weighted by Crippen LogP contribution is -2.30. The molecule has 1 aliphatic carbocycles. The van der Waals surface area contributed by atoms with Crippen molar-refractivity contribution in [2.24, 2.45) is 7.05 Å². The molecule has 11 heteroatoms. The minimum absolute atomic E-state index is 0.170. The first-order valence-corrected chi connectivity index (χ1v) is 9.48. The molecule has 0 radical (unpaired) electrons. The summed E-state index contributed by atoms with van der Waals surface area (Å²) in [6.07, 6.45) is -0.310. The van der Waals surface area contributed by atoms with Crippen LogP contribution in [0, 0.1) is 0 Å². The first-order valence-electron chi connectivity index (χ1n) is 9.48. The number of carbonyl (C=O) groups is 1. The second-order valence-corrected chi connectivity index (χ2v) is 7.17. The maximum Gasteiger partial charge on any atom is 0.435 e. The standard InChI is InChI=1S/C19H19F3N6O2/c1-3-12(24-17(29)14-9-15(19(20,21)22)26-28(14)2)18-25-16(27-30-18)11-6-7-23-13(8-11)10-4-5-10/h6-10,12H,3-5H2,1-2H3,(H,24,29)/t12-/m1/s1. The van der Waals surface area contributed by atoms with E-state index >= 15 is 0 Å². The van der Waals surface area contributed by atoms with Gasteiger partial charge in [-0.25, -0.2) is 0 Å². The van der Waals surface area contributed by atoms with E-state index in [0.717, 1.165) is 28.8 Å². The lowest BCUT2D eigenvalue weighted by atomic mass is 10.1. The van der Waals surface area contributed by atoms with E-state index in [9.17, 15) is 18.0 Å². The molecule has 0 aliphatic heterocycles. The molecule has 0 bridgehead atoms. The summed E-state index contributed by atoms with van der Waals surface area (Å²) in [4.78, 5) is 21.2. The number of hydrogen-bond donors (Lipinski definition) is 1. The van der Waals surface area contributed by atoms with Crippen molar-refractivity contribution in [2.45, 2.75) is 44.3 Å². The molecule has 1 amide bonds. The zero-order valence-electron chi connectivity index (χ0n) is 16.3.